The van der Waals surface area contributed by atoms with E-state index in [4.69, 9.17) is 7.85 Å². The molecule has 0 bridgehead atoms. The summed E-state index contributed by atoms with van der Waals surface area (Å²) in [4.78, 5) is 4.27. The van der Waals surface area contributed by atoms with Gasteiger partial charge in [-0.15, -0.1) is 0 Å². The minimum absolute atomic E-state index is 0.553. The number of hydrogen-bond acceptors (Lipinski definition) is 1. The Kier molecular flexibility index (Phi) is 1.82. The van der Waals surface area contributed by atoms with E-state index in [9.17, 15) is 0 Å². The van der Waals surface area contributed by atoms with Gasteiger partial charge >= 0.3 is 0 Å². The third-order valence-electron chi connectivity index (χ3n) is 1.88. The molecule has 1 aromatic heterocycles. The van der Waals surface area contributed by atoms with Crippen molar-refractivity contribution in [2.24, 2.45) is 0 Å². The van der Waals surface area contributed by atoms with Gasteiger partial charge in [-0.2, -0.15) is 0 Å². The minimum Gasteiger partial charge on any atom is -0.256 e. The molecule has 0 spiro atoms. The highest BCUT2D eigenvalue weighted by Crippen LogP contribution is 2.11. The van der Waals surface area contributed by atoms with Crippen molar-refractivity contribution in [3.63, 3.8) is 0 Å². The monoisotopic (exact) mass is 153 g/mol. The Hall–Kier alpha value is -1.31. The predicted molar refractivity (Wildman–Crippen MR) is 51.2 cm³/mol. The normalized spacial score (nSPS) is 10.3. The van der Waals surface area contributed by atoms with Crippen LogP contribution in [0.25, 0.3) is 10.9 Å². The van der Waals surface area contributed by atoms with Crippen LogP contribution in [0.15, 0.2) is 36.5 Å². The van der Waals surface area contributed by atoms with Crippen LogP contribution in [0.5, 0.6) is 0 Å². The number of rotatable bonds is 1. The van der Waals surface area contributed by atoms with Crippen molar-refractivity contribution in [2.75, 3.05) is 0 Å². The van der Waals surface area contributed by atoms with E-state index < -0.39 is 0 Å². The molecule has 56 valence electrons. The summed E-state index contributed by atoms with van der Waals surface area (Å²) < 4.78 is 0. The predicted octanol–water partition coefficient (Wildman–Crippen LogP) is 1.90. The lowest BCUT2D eigenvalue weighted by Gasteiger charge is -1.98. The smallest absolute Gasteiger partial charge is 0.0717 e. The molecule has 0 aliphatic rings. The average molecular weight is 153 g/mol. The van der Waals surface area contributed by atoms with Gasteiger partial charge < -0.3 is 0 Å². The number of para-hydroxylation sites is 1. The molecule has 0 fully saturated rings. The maximum Gasteiger partial charge on any atom is 0.0717 e. The van der Waals surface area contributed by atoms with E-state index in [-0.39, 0.29) is 0 Å². The lowest BCUT2D eigenvalue weighted by atomic mass is 9.97. The van der Waals surface area contributed by atoms with Crippen LogP contribution < -0.4 is 0 Å². The topological polar surface area (TPSA) is 12.9 Å². The summed E-state index contributed by atoms with van der Waals surface area (Å²) in [6.07, 6.45) is 2.38. The molecule has 0 unspecified atom stereocenters. The number of hydrogen-bond donors (Lipinski definition) is 0. The van der Waals surface area contributed by atoms with Gasteiger partial charge in [0, 0.05) is 11.6 Å². The molecule has 2 aromatic rings. The maximum atomic E-state index is 5.50. The zero-order valence-corrected chi connectivity index (χ0v) is 6.70. The molecule has 2 rings (SSSR count). The summed E-state index contributed by atoms with van der Waals surface area (Å²) >= 11 is 0. The second-order valence-electron chi connectivity index (χ2n) is 2.74. The number of pyridine rings is 1. The van der Waals surface area contributed by atoms with Crippen molar-refractivity contribution in [1.82, 2.24) is 4.98 Å². The van der Waals surface area contributed by atoms with Crippen molar-refractivity contribution >= 4 is 18.7 Å². The fraction of sp³-hybridized carbons (Fsp3) is 0.100. The third-order valence-corrected chi connectivity index (χ3v) is 1.88. The molecular weight excluding hydrogens is 145 g/mol. The van der Waals surface area contributed by atoms with Crippen LogP contribution in [0.1, 0.15) is 5.56 Å². The highest BCUT2D eigenvalue weighted by atomic mass is 14.6. The minimum atomic E-state index is 0.553. The number of aromatic nitrogens is 1. The average Bonchev–Trinajstić information content (AvgIpc) is 2.17. The largest absolute Gasteiger partial charge is 0.256 e. The van der Waals surface area contributed by atoms with Crippen LogP contribution in [0.3, 0.4) is 0 Å². The molecule has 1 nitrogen and oxygen atoms in total. The zero-order valence-electron chi connectivity index (χ0n) is 6.70. The van der Waals surface area contributed by atoms with Crippen LogP contribution in [0.4, 0.5) is 0 Å². The van der Waals surface area contributed by atoms with E-state index >= 15 is 0 Å². The first-order chi connectivity index (χ1) is 5.90. The van der Waals surface area contributed by atoms with E-state index in [0.29, 0.717) is 6.32 Å². The van der Waals surface area contributed by atoms with E-state index in [1.54, 1.807) is 0 Å². The first-order valence-electron chi connectivity index (χ1n) is 3.94. The summed E-state index contributed by atoms with van der Waals surface area (Å²) in [7, 11) is 5.50. The Morgan fingerprint density at radius 3 is 2.92 bits per heavy atom. The Balaban J connectivity index is 2.67. The molecule has 0 aliphatic heterocycles. The Bertz CT molecular complexity index is 398. The first-order valence-corrected chi connectivity index (χ1v) is 3.94. The van der Waals surface area contributed by atoms with Crippen molar-refractivity contribution in [2.45, 2.75) is 6.32 Å². The first kappa shape index (κ1) is 7.35. The highest BCUT2D eigenvalue weighted by molar-refractivity contribution is 6.08. The molecule has 0 saturated heterocycles. The van der Waals surface area contributed by atoms with Gasteiger partial charge in [-0.05, 0) is 17.7 Å². The highest BCUT2D eigenvalue weighted by Gasteiger charge is 1.93. The second-order valence-corrected chi connectivity index (χ2v) is 2.74. The fourth-order valence-corrected chi connectivity index (χ4v) is 1.23. The second kappa shape index (κ2) is 2.98. The SMILES string of the molecule is [B]Cc1cnc2ccccc2c1. The van der Waals surface area contributed by atoms with Crippen molar-refractivity contribution < 1.29 is 0 Å². The van der Waals surface area contributed by atoms with Gasteiger partial charge in [-0.25, -0.2) is 0 Å². The van der Waals surface area contributed by atoms with E-state index in [0.717, 1.165) is 16.5 Å². The van der Waals surface area contributed by atoms with Gasteiger partial charge in [0.05, 0.1) is 13.4 Å². The molecule has 0 amide bonds. The molecule has 2 radical (unpaired) electrons. The number of nitrogens with zero attached hydrogens (tertiary/aromatic N) is 1. The van der Waals surface area contributed by atoms with Gasteiger partial charge in [0.1, 0.15) is 0 Å². The van der Waals surface area contributed by atoms with Crippen molar-refractivity contribution in [3.8, 4) is 0 Å². The number of fused-ring (bicyclic) bond motifs is 1. The fourth-order valence-electron chi connectivity index (χ4n) is 1.23. The molecule has 1 aromatic carbocycles. The van der Waals surface area contributed by atoms with Crippen LogP contribution in [-0.4, -0.2) is 12.8 Å². The third kappa shape index (κ3) is 1.20. The summed E-state index contributed by atoms with van der Waals surface area (Å²) in [5, 5.41) is 1.15. The lowest BCUT2D eigenvalue weighted by molar-refractivity contribution is 1.30. The van der Waals surface area contributed by atoms with Gasteiger partial charge in [-0.3, -0.25) is 4.98 Å². The van der Waals surface area contributed by atoms with Gasteiger partial charge in [0.2, 0.25) is 0 Å². The zero-order chi connectivity index (χ0) is 8.39. The molecule has 2 heteroatoms. The maximum absolute atomic E-state index is 5.50. The van der Waals surface area contributed by atoms with E-state index in [1.807, 2.05) is 30.5 Å². The van der Waals surface area contributed by atoms with Crippen molar-refractivity contribution in [3.05, 3.63) is 42.1 Å². The van der Waals surface area contributed by atoms with E-state index in [1.165, 1.54) is 0 Å². The van der Waals surface area contributed by atoms with Gasteiger partial charge in [-0.1, -0.05) is 24.5 Å². The van der Waals surface area contributed by atoms with Gasteiger partial charge in [0.15, 0.2) is 0 Å². The van der Waals surface area contributed by atoms with Crippen LogP contribution in [0.2, 0.25) is 0 Å². The van der Waals surface area contributed by atoms with E-state index in [2.05, 4.69) is 11.1 Å². The Morgan fingerprint density at radius 2 is 2.08 bits per heavy atom. The van der Waals surface area contributed by atoms with Crippen LogP contribution in [0, 0.1) is 0 Å². The molecule has 1 heterocycles. The lowest BCUT2D eigenvalue weighted by Crippen LogP contribution is -1.86. The van der Waals surface area contributed by atoms with Crippen molar-refractivity contribution in [1.29, 1.82) is 0 Å². The Morgan fingerprint density at radius 1 is 1.25 bits per heavy atom. The standard InChI is InChI=1S/C10H8BN/c11-6-8-5-9-3-1-2-4-10(9)12-7-8/h1-5,7H,6H2. The summed E-state index contributed by atoms with van der Waals surface area (Å²) in [5.41, 5.74) is 2.10. The molecular formula is C10H8BN. The van der Waals surface area contributed by atoms with Crippen LogP contribution in [-0.2, 0) is 6.32 Å². The number of benzene rings is 1. The molecule has 0 aliphatic carbocycles. The summed E-state index contributed by atoms with van der Waals surface area (Å²) in [5.74, 6) is 0. The molecule has 0 atom stereocenters. The summed E-state index contributed by atoms with van der Waals surface area (Å²) in [6.45, 7) is 0. The van der Waals surface area contributed by atoms with Crippen LogP contribution >= 0.6 is 0 Å². The quantitative estimate of drug-likeness (QED) is 0.570. The molecule has 12 heavy (non-hydrogen) atoms. The summed E-state index contributed by atoms with van der Waals surface area (Å²) in [6, 6.07) is 10.1. The van der Waals surface area contributed by atoms with Gasteiger partial charge in [0.25, 0.3) is 0 Å². The molecule has 0 N–H and O–H groups in total. The Labute approximate surface area is 72.8 Å². The molecule has 0 saturated carbocycles.